The fourth-order valence-electron chi connectivity index (χ4n) is 2.47. The second kappa shape index (κ2) is 8.70. The molecule has 0 unspecified atom stereocenters. The van der Waals surface area contributed by atoms with Gasteiger partial charge in [0.15, 0.2) is 0 Å². The molecule has 130 valence electrons. The molecule has 0 saturated heterocycles. The highest BCUT2D eigenvalue weighted by atomic mass is 35.5. The number of pyridine rings is 1. The van der Waals surface area contributed by atoms with Gasteiger partial charge in [-0.1, -0.05) is 50.9 Å². The zero-order chi connectivity index (χ0) is 17.7. The van der Waals surface area contributed by atoms with Crippen LogP contribution in [0, 0.1) is 5.92 Å². The lowest BCUT2D eigenvalue weighted by Crippen LogP contribution is -2.20. The predicted octanol–water partition coefficient (Wildman–Crippen LogP) is 6.00. The zero-order valence-electron chi connectivity index (χ0n) is 14.7. The van der Waals surface area contributed by atoms with E-state index in [-0.39, 0.29) is 0 Å². The Hall–Kier alpha value is -1.29. The molecule has 3 nitrogen and oxygen atoms in total. The van der Waals surface area contributed by atoms with Gasteiger partial charge < -0.3 is 10.6 Å². The molecule has 0 bridgehead atoms. The summed E-state index contributed by atoms with van der Waals surface area (Å²) in [6.07, 6.45) is 1.95. The van der Waals surface area contributed by atoms with Crippen LogP contribution >= 0.6 is 23.2 Å². The molecule has 1 aromatic carbocycles. The summed E-state index contributed by atoms with van der Waals surface area (Å²) in [6, 6.07) is 7.58. The van der Waals surface area contributed by atoms with Crippen molar-refractivity contribution in [2.75, 3.05) is 11.9 Å². The van der Waals surface area contributed by atoms with Gasteiger partial charge in [0.2, 0.25) is 0 Å². The summed E-state index contributed by atoms with van der Waals surface area (Å²) in [7, 11) is 0. The molecule has 0 aliphatic carbocycles. The standard InChI is InChI=1S/C19H25Cl2N3/c1-12(2)9-22-10-14-11-23-19(8-16(14)13(3)4)24-15-5-6-17(20)18(21)7-15/h5-8,11-13,22H,9-10H2,1-4H3,(H,23,24). The maximum absolute atomic E-state index is 6.07. The number of hydrogen-bond donors (Lipinski definition) is 2. The molecule has 2 N–H and O–H groups in total. The van der Waals surface area contributed by atoms with Crippen LogP contribution < -0.4 is 10.6 Å². The van der Waals surface area contributed by atoms with E-state index in [0.29, 0.717) is 21.9 Å². The zero-order valence-corrected chi connectivity index (χ0v) is 16.2. The lowest BCUT2D eigenvalue weighted by Gasteiger charge is -2.16. The van der Waals surface area contributed by atoms with Crippen molar-refractivity contribution < 1.29 is 0 Å². The van der Waals surface area contributed by atoms with Crippen molar-refractivity contribution in [2.24, 2.45) is 5.92 Å². The molecule has 0 fully saturated rings. The van der Waals surface area contributed by atoms with Crippen LogP contribution in [0.3, 0.4) is 0 Å². The van der Waals surface area contributed by atoms with Gasteiger partial charge in [0, 0.05) is 18.4 Å². The molecule has 24 heavy (non-hydrogen) atoms. The van der Waals surface area contributed by atoms with Crippen molar-refractivity contribution in [3.63, 3.8) is 0 Å². The van der Waals surface area contributed by atoms with Gasteiger partial charge in [-0.15, -0.1) is 0 Å². The normalized spacial score (nSPS) is 11.3. The van der Waals surface area contributed by atoms with Crippen LogP contribution in [0.25, 0.3) is 0 Å². The molecule has 2 aromatic rings. The van der Waals surface area contributed by atoms with Crippen LogP contribution in [0.4, 0.5) is 11.5 Å². The monoisotopic (exact) mass is 365 g/mol. The first-order valence-electron chi connectivity index (χ1n) is 8.28. The largest absolute Gasteiger partial charge is 0.340 e. The number of nitrogens with zero attached hydrogens (tertiary/aromatic N) is 1. The van der Waals surface area contributed by atoms with Crippen LogP contribution in [0.5, 0.6) is 0 Å². The van der Waals surface area contributed by atoms with E-state index in [2.05, 4.69) is 49.4 Å². The fraction of sp³-hybridized carbons (Fsp3) is 0.421. The molecule has 0 atom stereocenters. The Morgan fingerprint density at radius 1 is 1.04 bits per heavy atom. The van der Waals surface area contributed by atoms with Crippen LogP contribution in [-0.4, -0.2) is 11.5 Å². The summed E-state index contributed by atoms with van der Waals surface area (Å²) in [5, 5.41) is 7.85. The van der Waals surface area contributed by atoms with Gasteiger partial charge in [0.1, 0.15) is 5.82 Å². The number of benzene rings is 1. The topological polar surface area (TPSA) is 37.0 Å². The van der Waals surface area contributed by atoms with E-state index in [1.165, 1.54) is 11.1 Å². The smallest absolute Gasteiger partial charge is 0.130 e. The lowest BCUT2D eigenvalue weighted by atomic mass is 9.98. The summed E-state index contributed by atoms with van der Waals surface area (Å²) in [6.45, 7) is 10.7. The van der Waals surface area contributed by atoms with E-state index in [0.717, 1.165) is 24.6 Å². The van der Waals surface area contributed by atoms with E-state index >= 15 is 0 Å². The fourth-order valence-corrected chi connectivity index (χ4v) is 2.77. The van der Waals surface area contributed by atoms with E-state index in [4.69, 9.17) is 23.2 Å². The van der Waals surface area contributed by atoms with Crippen molar-refractivity contribution in [3.8, 4) is 0 Å². The third kappa shape index (κ3) is 5.37. The molecule has 1 heterocycles. The Morgan fingerprint density at radius 2 is 1.79 bits per heavy atom. The molecule has 0 amide bonds. The number of aromatic nitrogens is 1. The summed E-state index contributed by atoms with van der Waals surface area (Å²) < 4.78 is 0. The number of halogens is 2. The summed E-state index contributed by atoms with van der Waals surface area (Å²) in [5.41, 5.74) is 3.41. The van der Waals surface area contributed by atoms with Gasteiger partial charge in [0.05, 0.1) is 10.0 Å². The number of rotatable bonds is 7. The Kier molecular flexibility index (Phi) is 6.90. The SMILES string of the molecule is CC(C)CNCc1cnc(Nc2ccc(Cl)c(Cl)c2)cc1C(C)C. The van der Waals surface area contributed by atoms with E-state index in [9.17, 15) is 0 Å². The van der Waals surface area contributed by atoms with Crippen LogP contribution in [0.2, 0.25) is 10.0 Å². The van der Waals surface area contributed by atoms with Gasteiger partial charge in [0.25, 0.3) is 0 Å². The first kappa shape index (κ1) is 19.0. The van der Waals surface area contributed by atoms with Gasteiger partial charge in [-0.3, -0.25) is 0 Å². The first-order valence-corrected chi connectivity index (χ1v) is 9.04. The predicted molar refractivity (Wildman–Crippen MR) is 105 cm³/mol. The highest BCUT2D eigenvalue weighted by molar-refractivity contribution is 6.42. The summed E-state index contributed by atoms with van der Waals surface area (Å²) in [4.78, 5) is 4.54. The maximum atomic E-state index is 6.07. The van der Waals surface area contributed by atoms with Crippen molar-refractivity contribution in [1.82, 2.24) is 10.3 Å². The quantitative estimate of drug-likeness (QED) is 0.631. The molecule has 1 aromatic heterocycles. The van der Waals surface area contributed by atoms with Crippen molar-refractivity contribution in [1.29, 1.82) is 0 Å². The third-order valence-corrected chi connectivity index (χ3v) is 4.44. The second-order valence-corrected chi connectivity index (χ2v) is 7.52. The minimum atomic E-state index is 0.429. The van der Waals surface area contributed by atoms with Gasteiger partial charge >= 0.3 is 0 Å². The van der Waals surface area contributed by atoms with E-state index in [1.54, 1.807) is 12.1 Å². The van der Waals surface area contributed by atoms with Gasteiger partial charge in [-0.25, -0.2) is 4.98 Å². The van der Waals surface area contributed by atoms with Crippen molar-refractivity contribution in [2.45, 2.75) is 40.2 Å². The molecular formula is C19H25Cl2N3. The molecule has 5 heteroatoms. The summed E-state index contributed by atoms with van der Waals surface area (Å²) in [5.74, 6) is 1.87. The van der Waals surface area contributed by atoms with Gasteiger partial charge in [-0.2, -0.15) is 0 Å². The van der Waals surface area contributed by atoms with Crippen molar-refractivity contribution >= 4 is 34.7 Å². The van der Waals surface area contributed by atoms with Crippen LogP contribution in [0.1, 0.15) is 44.7 Å². The Balaban J connectivity index is 2.16. The average Bonchev–Trinajstić information content (AvgIpc) is 2.51. The third-order valence-electron chi connectivity index (χ3n) is 3.70. The molecule has 0 spiro atoms. The van der Waals surface area contributed by atoms with E-state index in [1.807, 2.05) is 12.3 Å². The van der Waals surface area contributed by atoms with Crippen molar-refractivity contribution in [3.05, 3.63) is 51.6 Å². The minimum Gasteiger partial charge on any atom is -0.340 e. The van der Waals surface area contributed by atoms with Crippen LogP contribution in [-0.2, 0) is 6.54 Å². The number of hydrogen-bond acceptors (Lipinski definition) is 3. The Morgan fingerprint density at radius 3 is 2.42 bits per heavy atom. The molecule has 0 aliphatic rings. The highest BCUT2D eigenvalue weighted by Crippen LogP contribution is 2.28. The number of anilines is 2. The van der Waals surface area contributed by atoms with E-state index < -0.39 is 0 Å². The number of nitrogens with one attached hydrogen (secondary N) is 2. The van der Waals surface area contributed by atoms with Crippen LogP contribution in [0.15, 0.2) is 30.5 Å². The molecule has 2 rings (SSSR count). The maximum Gasteiger partial charge on any atom is 0.130 e. The first-order chi connectivity index (χ1) is 11.4. The van der Waals surface area contributed by atoms with Gasteiger partial charge in [-0.05, 0) is 53.8 Å². The molecular weight excluding hydrogens is 341 g/mol. The average molecular weight is 366 g/mol. The molecule has 0 saturated carbocycles. The highest BCUT2D eigenvalue weighted by Gasteiger charge is 2.10. The lowest BCUT2D eigenvalue weighted by molar-refractivity contribution is 0.549. The Bertz CT molecular complexity index is 684. The summed E-state index contributed by atoms with van der Waals surface area (Å²) >= 11 is 12.0. The minimum absolute atomic E-state index is 0.429. The second-order valence-electron chi connectivity index (χ2n) is 6.70. The Labute approximate surface area is 154 Å². The molecule has 0 radical (unpaired) electrons. The molecule has 0 aliphatic heterocycles.